The first kappa shape index (κ1) is 13.5. The van der Waals surface area contributed by atoms with Crippen LogP contribution in [0, 0.1) is 11.6 Å². The molecule has 18 heavy (non-hydrogen) atoms. The predicted octanol–water partition coefficient (Wildman–Crippen LogP) is 2.89. The lowest BCUT2D eigenvalue weighted by Gasteiger charge is -2.21. The summed E-state index contributed by atoms with van der Waals surface area (Å²) in [5.41, 5.74) is -0.136. The number of rotatable bonds is 5. The third-order valence-electron chi connectivity index (χ3n) is 3.02. The molecule has 0 heterocycles. The summed E-state index contributed by atoms with van der Waals surface area (Å²) in [4.78, 5) is 13.8. The number of nitrogens with zero attached hydrogens (tertiary/aromatic N) is 1. The van der Waals surface area contributed by atoms with Crippen molar-refractivity contribution >= 4 is 21.8 Å². The number of benzene rings is 1. The predicted molar refractivity (Wildman–Crippen MR) is 68.6 cm³/mol. The summed E-state index contributed by atoms with van der Waals surface area (Å²) in [5.74, 6) is -1.52. The van der Waals surface area contributed by atoms with E-state index in [1.165, 1.54) is 18.2 Å². The van der Waals surface area contributed by atoms with Crippen molar-refractivity contribution in [2.45, 2.75) is 25.3 Å². The van der Waals surface area contributed by atoms with E-state index < -0.39 is 11.6 Å². The molecule has 1 aliphatic carbocycles. The molecule has 0 aliphatic heterocycles. The molecule has 0 N–H and O–H groups in total. The third-order valence-corrected chi connectivity index (χ3v) is 3.38. The van der Waals surface area contributed by atoms with Crippen molar-refractivity contribution in [1.82, 2.24) is 4.90 Å². The van der Waals surface area contributed by atoms with Gasteiger partial charge in [-0.2, -0.15) is 0 Å². The Hall–Kier alpha value is -0.970. The van der Waals surface area contributed by atoms with E-state index in [0.29, 0.717) is 11.9 Å². The van der Waals surface area contributed by atoms with Crippen molar-refractivity contribution < 1.29 is 13.6 Å². The minimum absolute atomic E-state index is 0.136. The molecule has 5 heteroatoms. The molecule has 0 radical (unpaired) electrons. The fourth-order valence-electron chi connectivity index (χ4n) is 1.94. The van der Waals surface area contributed by atoms with Gasteiger partial charge in [0.15, 0.2) is 0 Å². The van der Waals surface area contributed by atoms with Crippen molar-refractivity contribution in [1.29, 1.82) is 0 Å². The molecule has 98 valence electrons. The van der Waals surface area contributed by atoms with E-state index in [1.807, 2.05) is 0 Å². The normalized spacial score (nSPS) is 14.6. The summed E-state index contributed by atoms with van der Waals surface area (Å²) >= 11 is 3.29. The average Bonchev–Trinajstić information content (AvgIpc) is 3.15. The maximum Gasteiger partial charge on any atom is 0.227 e. The van der Waals surface area contributed by atoms with Crippen molar-refractivity contribution in [2.24, 2.45) is 0 Å². The molecule has 2 nitrogen and oxygen atoms in total. The standard InChI is InChI=1S/C13H14BrF2NO/c14-6-7-17(9-4-5-9)13(18)8-10-11(15)2-1-3-12(10)16/h1-3,9H,4-8H2. The molecule has 0 unspecified atom stereocenters. The minimum Gasteiger partial charge on any atom is -0.339 e. The van der Waals surface area contributed by atoms with Crippen LogP contribution in [0.25, 0.3) is 0 Å². The SMILES string of the molecule is O=C(Cc1c(F)cccc1F)N(CCBr)C1CC1. The van der Waals surface area contributed by atoms with Crippen molar-refractivity contribution in [2.75, 3.05) is 11.9 Å². The van der Waals surface area contributed by atoms with Gasteiger partial charge < -0.3 is 4.90 Å². The molecule has 0 atom stereocenters. The molecular weight excluding hydrogens is 304 g/mol. The summed E-state index contributed by atoms with van der Waals surface area (Å²) in [5, 5.41) is 0.676. The van der Waals surface area contributed by atoms with Gasteiger partial charge >= 0.3 is 0 Å². The van der Waals surface area contributed by atoms with Gasteiger partial charge in [-0.1, -0.05) is 22.0 Å². The molecule has 0 bridgehead atoms. The van der Waals surface area contributed by atoms with Gasteiger partial charge in [0.05, 0.1) is 6.42 Å². The molecule has 1 amide bonds. The Morgan fingerprint density at radius 1 is 1.33 bits per heavy atom. The second-order valence-corrected chi connectivity index (χ2v) is 5.18. The number of hydrogen-bond donors (Lipinski definition) is 0. The second kappa shape index (κ2) is 5.78. The number of halogens is 3. The highest BCUT2D eigenvalue weighted by Gasteiger charge is 2.32. The fraction of sp³-hybridized carbons (Fsp3) is 0.462. The lowest BCUT2D eigenvalue weighted by molar-refractivity contribution is -0.130. The van der Waals surface area contributed by atoms with Crippen LogP contribution >= 0.6 is 15.9 Å². The van der Waals surface area contributed by atoms with Gasteiger partial charge in [0.2, 0.25) is 5.91 Å². The van der Waals surface area contributed by atoms with Crippen LogP contribution in [0.2, 0.25) is 0 Å². The average molecular weight is 318 g/mol. The molecule has 1 aromatic carbocycles. The highest BCUT2D eigenvalue weighted by Crippen LogP contribution is 2.27. The van der Waals surface area contributed by atoms with Crippen molar-refractivity contribution in [3.63, 3.8) is 0 Å². The molecule has 0 spiro atoms. The summed E-state index contributed by atoms with van der Waals surface area (Å²) in [6.07, 6.45) is 1.76. The number of carbonyl (C=O) groups excluding carboxylic acids is 1. The quantitative estimate of drug-likeness (QED) is 0.765. The topological polar surface area (TPSA) is 20.3 Å². The monoisotopic (exact) mass is 317 g/mol. The molecule has 0 aromatic heterocycles. The van der Waals surface area contributed by atoms with E-state index in [9.17, 15) is 13.6 Å². The molecule has 1 aliphatic rings. The number of amides is 1. The van der Waals surface area contributed by atoms with Crippen LogP contribution in [0.5, 0.6) is 0 Å². The summed E-state index contributed by atoms with van der Waals surface area (Å²) in [7, 11) is 0. The molecular formula is C13H14BrF2NO. The van der Waals surface area contributed by atoms with Gasteiger partial charge in [0.1, 0.15) is 11.6 Å². The number of hydrogen-bond acceptors (Lipinski definition) is 1. The first-order chi connectivity index (χ1) is 8.63. The third kappa shape index (κ3) is 3.07. The fourth-order valence-corrected chi connectivity index (χ4v) is 2.32. The largest absolute Gasteiger partial charge is 0.339 e. The van der Waals surface area contributed by atoms with Gasteiger partial charge in [-0.15, -0.1) is 0 Å². The maximum atomic E-state index is 13.5. The molecule has 1 fully saturated rings. The number of alkyl halides is 1. The van der Waals surface area contributed by atoms with E-state index in [0.717, 1.165) is 12.8 Å². The van der Waals surface area contributed by atoms with Crippen LogP contribution in [-0.4, -0.2) is 28.7 Å². The zero-order valence-electron chi connectivity index (χ0n) is 9.83. The summed E-state index contributed by atoms with van der Waals surface area (Å²) in [6.45, 7) is 0.583. The maximum absolute atomic E-state index is 13.5. The number of carbonyl (C=O) groups is 1. The first-order valence-corrected chi connectivity index (χ1v) is 7.04. The van der Waals surface area contributed by atoms with E-state index in [-0.39, 0.29) is 23.9 Å². The zero-order valence-corrected chi connectivity index (χ0v) is 11.4. The zero-order chi connectivity index (χ0) is 13.1. The van der Waals surface area contributed by atoms with Gasteiger partial charge in [-0.25, -0.2) is 8.78 Å². The van der Waals surface area contributed by atoms with Crippen LogP contribution in [-0.2, 0) is 11.2 Å². The van der Waals surface area contributed by atoms with Crippen LogP contribution in [0.3, 0.4) is 0 Å². The van der Waals surface area contributed by atoms with Gasteiger partial charge in [0, 0.05) is 23.5 Å². The van der Waals surface area contributed by atoms with E-state index in [4.69, 9.17) is 0 Å². The van der Waals surface area contributed by atoms with Gasteiger partial charge in [-0.3, -0.25) is 4.79 Å². The molecule has 0 saturated heterocycles. The second-order valence-electron chi connectivity index (χ2n) is 4.38. The lowest BCUT2D eigenvalue weighted by atomic mass is 10.1. The van der Waals surface area contributed by atoms with Crippen LogP contribution in [0.1, 0.15) is 18.4 Å². The van der Waals surface area contributed by atoms with E-state index in [2.05, 4.69) is 15.9 Å². The van der Waals surface area contributed by atoms with E-state index >= 15 is 0 Å². The Bertz CT molecular complexity index is 428. The van der Waals surface area contributed by atoms with Crippen molar-refractivity contribution in [3.8, 4) is 0 Å². The van der Waals surface area contributed by atoms with Crippen LogP contribution in [0.15, 0.2) is 18.2 Å². The van der Waals surface area contributed by atoms with E-state index in [1.54, 1.807) is 4.90 Å². The Labute approximate surface area is 113 Å². The first-order valence-electron chi connectivity index (χ1n) is 5.92. The Morgan fingerprint density at radius 2 is 1.94 bits per heavy atom. The minimum atomic E-state index is -0.655. The Balaban J connectivity index is 2.10. The summed E-state index contributed by atoms with van der Waals surface area (Å²) in [6, 6.07) is 3.91. The van der Waals surface area contributed by atoms with Crippen molar-refractivity contribution in [3.05, 3.63) is 35.4 Å². The highest BCUT2D eigenvalue weighted by atomic mass is 79.9. The lowest BCUT2D eigenvalue weighted by Crippen LogP contribution is -2.36. The smallest absolute Gasteiger partial charge is 0.227 e. The highest BCUT2D eigenvalue weighted by molar-refractivity contribution is 9.09. The van der Waals surface area contributed by atoms with Crippen LogP contribution < -0.4 is 0 Å². The van der Waals surface area contributed by atoms with Gasteiger partial charge in [0.25, 0.3) is 0 Å². The Kier molecular flexibility index (Phi) is 4.32. The van der Waals surface area contributed by atoms with Crippen LogP contribution in [0.4, 0.5) is 8.78 Å². The molecule has 1 aromatic rings. The molecule has 2 rings (SSSR count). The Morgan fingerprint density at radius 3 is 2.44 bits per heavy atom. The summed E-state index contributed by atoms with van der Waals surface area (Å²) < 4.78 is 26.9. The van der Waals surface area contributed by atoms with Gasteiger partial charge in [-0.05, 0) is 25.0 Å². The molecule has 1 saturated carbocycles.